The fourth-order valence-corrected chi connectivity index (χ4v) is 5.29. The number of alkyl halides is 3. The number of nitrogens with one attached hydrogen (secondary N) is 3. The highest BCUT2D eigenvalue weighted by Crippen LogP contribution is 2.37. The summed E-state index contributed by atoms with van der Waals surface area (Å²) in [6.07, 6.45) is -1.66. The topological polar surface area (TPSA) is 144 Å². The molecule has 12 nitrogen and oxygen atoms in total. The number of carbonyl (C=O) groups excluding carboxylic acids is 4. The van der Waals surface area contributed by atoms with E-state index in [0.29, 0.717) is 13.1 Å². The second kappa shape index (κ2) is 15.7. The van der Waals surface area contributed by atoms with Crippen LogP contribution in [-0.4, -0.2) is 75.1 Å². The summed E-state index contributed by atoms with van der Waals surface area (Å²) in [5, 5.41) is 7.67. The number of benzene rings is 2. The number of alkyl carbamates (subject to hydrolysis) is 1. The average Bonchev–Trinajstić information content (AvgIpc) is 3.73. The van der Waals surface area contributed by atoms with Crippen molar-refractivity contribution in [3.8, 4) is 0 Å². The maximum absolute atomic E-state index is 14.1. The first-order valence-electron chi connectivity index (χ1n) is 16.2. The Hall–Kier alpha value is -4.92. The molecule has 2 heterocycles. The molecule has 2 aromatic carbocycles. The van der Waals surface area contributed by atoms with Crippen LogP contribution >= 0.6 is 0 Å². The van der Waals surface area contributed by atoms with Gasteiger partial charge in [-0.15, -0.1) is 0 Å². The number of aromatic nitrogens is 2. The third-order valence-electron chi connectivity index (χ3n) is 7.76. The van der Waals surface area contributed by atoms with Gasteiger partial charge in [-0.25, -0.2) is 9.78 Å². The van der Waals surface area contributed by atoms with Gasteiger partial charge in [0.05, 0.1) is 25.1 Å². The van der Waals surface area contributed by atoms with Crippen molar-refractivity contribution in [1.29, 1.82) is 0 Å². The Morgan fingerprint density at radius 3 is 2.20 bits per heavy atom. The van der Waals surface area contributed by atoms with E-state index in [1.54, 1.807) is 20.8 Å². The van der Waals surface area contributed by atoms with E-state index < -0.39 is 58.8 Å². The van der Waals surface area contributed by atoms with E-state index in [1.807, 2.05) is 30.3 Å². The van der Waals surface area contributed by atoms with Crippen LogP contribution in [0.3, 0.4) is 0 Å². The van der Waals surface area contributed by atoms with E-state index in [0.717, 1.165) is 24.5 Å². The van der Waals surface area contributed by atoms with Gasteiger partial charge in [-0.3, -0.25) is 14.4 Å². The van der Waals surface area contributed by atoms with Crippen molar-refractivity contribution in [2.24, 2.45) is 0 Å². The number of hydrogen-bond donors (Lipinski definition) is 3. The van der Waals surface area contributed by atoms with Crippen LogP contribution in [0.5, 0.6) is 0 Å². The molecule has 2 unspecified atom stereocenters. The molecule has 0 spiro atoms. The van der Waals surface area contributed by atoms with Gasteiger partial charge in [0.25, 0.3) is 5.91 Å². The predicted octanol–water partition coefficient (Wildman–Crippen LogP) is 5.06. The zero-order valence-electron chi connectivity index (χ0n) is 28.7. The van der Waals surface area contributed by atoms with Gasteiger partial charge in [0.15, 0.2) is 5.82 Å². The van der Waals surface area contributed by atoms with Crippen molar-refractivity contribution >= 4 is 29.6 Å². The standard InChI is InChI=1S/C35H43F3N6O6/c1-33(2,3)50-32(48)42-34(4,5)31(47)40-26(21-49-20-23-13-7-6-8-14-23)29(45)41-27-19-44(22-39-27)28(30(46)43-17-11-12-18-43)24-15-9-10-16-25(24)35(36,37)38/h6-10,13-16,19,22,26,28H,11-12,17-18,20-21H2,1-5H3,(H,40,47)(H,41,45)(H,42,48). The predicted molar refractivity (Wildman–Crippen MR) is 178 cm³/mol. The van der Waals surface area contributed by atoms with Crippen molar-refractivity contribution < 1.29 is 41.8 Å². The van der Waals surface area contributed by atoms with Crippen LogP contribution in [0.15, 0.2) is 67.1 Å². The maximum Gasteiger partial charge on any atom is 0.416 e. The van der Waals surface area contributed by atoms with Gasteiger partial charge in [-0.1, -0.05) is 48.5 Å². The van der Waals surface area contributed by atoms with Crippen molar-refractivity contribution in [3.63, 3.8) is 0 Å². The number of likely N-dealkylation sites (tertiary alicyclic amines) is 1. The second-order valence-electron chi connectivity index (χ2n) is 13.5. The summed E-state index contributed by atoms with van der Waals surface area (Å²) in [6.45, 7) is 8.53. The van der Waals surface area contributed by atoms with E-state index in [4.69, 9.17) is 9.47 Å². The molecule has 2 atom stereocenters. The molecular formula is C35H43F3N6O6. The molecule has 1 fully saturated rings. The lowest BCUT2D eigenvalue weighted by Gasteiger charge is -2.29. The lowest BCUT2D eigenvalue weighted by atomic mass is 9.98. The first-order valence-corrected chi connectivity index (χ1v) is 16.2. The molecule has 50 heavy (non-hydrogen) atoms. The minimum atomic E-state index is -4.73. The van der Waals surface area contributed by atoms with Gasteiger partial charge in [0.1, 0.15) is 23.2 Å². The molecule has 0 saturated carbocycles. The zero-order chi connectivity index (χ0) is 36.7. The molecule has 270 valence electrons. The molecule has 0 aliphatic carbocycles. The molecule has 1 aliphatic rings. The minimum absolute atomic E-state index is 0.0767. The summed E-state index contributed by atoms with van der Waals surface area (Å²) >= 11 is 0. The Morgan fingerprint density at radius 1 is 0.920 bits per heavy atom. The molecule has 15 heteroatoms. The van der Waals surface area contributed by atoms with E-state index in [2.05, 4.69) is 20.9 Å². The van der Waals surface area contributed by atoms with Crippen molar-refractivity contribution in [2.45, 2.75) is 83.5 Å². The van der Waals surface area contributed by atoms with Crippen LogP contribution in [0.2, 0.25) is 0 Å². The van der Waals surface area contributed by atoms with Crippen LogP contribution in [0, 0.1) is 0 Å². The van der Waals surface area contributed by atoms with Gasteiger partial charge < -0.3 is 34.9 Å². The van der Waals surface area contributed by atoms with Crippen molar-refractivity contribution in [3.05, 3.63) is 83.8 Å². The first kappa shape index (κ1) is 37.9. The van der Waals surface area contributed by atoms with Crippen LogP contribution in [-0.2, 0) is 36.6 Å². The molecule has 4 rings (SSSR count). The SMILES string of the molecule is CC(C)(C)OC(=O)NC(C)(C)C(=O)NC(COCc1ccccc1)C(=O)Nc1cn(C(C(=O)N2CCCC2)c2ccccc2C(F)(F)F)cn1. The number of hydrogen-bond acceptors (Lipinski definition) is 7. The lowest BCUT2D eigenvalue weighted by molar-refractivity contribution is -0.139. The third-order valence-corrected chi connectivity index (χ3v) is 7.76. The zero-order valence-corrected chi connectivity index (χ0v) is 28.7. The van der Waals surface area contributed by atoms with Gasteiger partial charge in [-0.2, -0.15) is 13.2 Å². The summed E-state index contributed by atoms with van der Waals surface area (Å²) in [6, 6.07) is 11.3. The molecule has 3 N–H and O–H groups in total. The molecule has 1 saturated heterocycles. The van der Waals surface area contributed by atoms with Gasteiger partial charge in [0, 0.05) is 19.3 Å². The van der Waals surface area contributed by atoms with Crippen molar-refractivity contribution in [2.75, 3.05) is 25.0 Å². The fourth-order valence-electron chi connectivity index (χ4n) is 5.29. The van der Waals surface area contributed by atoms with Gasteiger partial charge in [-0.05, 0) is 64.7 Å². The van der Waals surface area contributed by atoms with Crippen LogP contribution in [0.25, 0.3) is 0 Å². The minimum Gasteiger partial charge on any atom is -0.444 e. The first-order chi connectivity index (χ1) is 23.4. The smallest absolute Gasteiger partial charge is 0.416 e. The highest BCUT2D eigenvalue weighted by Gasteiger charge is 2.39. The molecule has 0 radical (unpaired) electrons. The number of nitrogens with zero attached hydrogens (tertiary/aromatic N) is 3. The Balaban J connectivity index is 1.57. The number of rotatable bonds is 12. The maximum atomic E-state index is 14.1. The summed E-state index contributed by atoms with van der Waals surface area (Å²) in [5.41, 5.74) is -2.74. The van der Waals surface area contributed by atoms with Gasteiger partial charge >= 0.3 is 12.3 Å². The average molecular weight is 701 g/mol. The molecule has 1 aromatic heterocycles. The largest absolute Gasteiger partial charge is 0.444 e. The number of halogens is 3. The highest BCUT2D eigenvalue weighted by molar-refractivity contribution is 5.98. The molecule has 0 bridgehead atoms. The third kappa shape index (κ3) is 10.3. The quantitative estimate of drug-likeness (QED) is 0.240. The monoisotopic (exact) mass is 700 g/mol. The van der Waals surface area contributed by atoms with Crippen LogP contribution in [0.4, 0.5) is 23.8 Å². The Labute approximate surface area is 288 Å². The number of anilines is 1. The van der Waals surface area contributed by atoms with Crippen LogP contribution in [0.1, 0.15) is 70.2 Å². The van der Waals surface area contributed by atoms with E-state index in [1.165, 1.54) is 54.0 Å². The Morgan fingerprint density at radius 2 is 1.56 bits per heavy atom. The number of amides is 4. The molecule has 1 aliphatic heterocycles. The number of ether oxygens (including phenoxy) is 2. The Bertz CT molecular complexity index is 1650. The summed E-state index contributed by atoms with van der Waals surface area (Å²) in [7, 11) is 0. The molecule has 4 amide bonds. The number of imidazole rings is 1. The number of carbonyl (C=O) groups is 4. The van der Waals surface area contributed by atoms with E-state index in [9.17, 15) is 32.3 Å². The second-order valence-corrected chi connectivity index (χ2v) is 13.5. The Kier molecular flexibility index (Phi) is 11.9. The molecule has 3 aromatic rings. The fraction of sp³-hybridized carbons (Fsp3) is 0.457. The van der Waals surface area contributed by atoms with Gasteiger partial charge in [0.2, 0.25) is 11.8 Å². The summed E-state index contributed by atoms with van der Waals surface area (Å²) in [5.74, 6) is -2.10. The van der Waals surface area contributed by atoms with Crippen molar-refractivity contribution in [1.82, 2.24) is 25.1 Å². The van der Waals surface area contributed by atoms with Crippen LogP contribution < -0.4 is 16.0 Å². The summed E-state index contributed by atoms with van der Waals surface area (Å²) in [4.78, 5) is 58.8. The van der Waals surface area contributed by atoms with E-state index in [-0.39, 0.29) is 24.6 Å². The molecular weight excluding hydrogens is 657 g/mol. The highest BCUT2D eigenvalue weighted by atomic mass is 19.4. The summed E-state index contributed by atoms with van der Waals surface area (Å²) < 4.78 is 54.5. The lowest BCUT2D eigenvalue weighted by Crippen LogP contribution is -2.59. The normalized spacial score (nSPS) is 14.8. The van der Waals surface area contributed by atoms with E-state index >= 15 is 0 Å².